The zero-order chi connectivity index (χ0) is 16.2. The molecule has 3 aromatic rings. The van der Waals surface area contributed by atoms with Crippen molar-refractivity contribution in [1.29, 1.82) is 0 Å². The topological polar surface area (TPSA) is 59.8 Å². The van der Waals surface area contributed by atoms with E-state index in [0.717, 1.165) is 17.9 Å². The Kier molecular flexibility index (Phi) is 4.39. The molecular weight excluding hydrogens is 312 g/mol. The van der Waals surface area contributed by atoms with Crippen LogP contribution in [0.5, 0.6) is 0 Å². The summed E-state index contributed by atoms with van der Waals surface area (Å²) in [7, 11) is 0. The van der Waals surface area contributed by atoms with E-state index in [-0.39, 0.29) is 5.91 Å². The van der Waals surface area contributed by atoms with Gasteiger partial charge in [-0.3, -0.25) is 4.79 Å². The Morgan fingerprint density at radius 2 is 2.04 bits per heavy atom. The molecule has 0 aliphatic heterocycles. The van der Waals surface area contributed by atoms with E-state index >= 15 is 0 Å². The number of nitrogens with zero attached hydrogens (tertiary/aromatic N) is 3. The highest BCUT2D eigenvalue weighted by atomic mass is 35.5. The highest BCUT2D eigenvalue weighted by Gasteiger charge is 2.11. The number of carbonyl (C=O) groups excluding carboxylic acids is 1. The van der Waals surface area contributed by atoms with Gasteiger partial charge in [-0.25, -0.2) is 0 Å². The Bertz CT molecular complexity index is 844. The van der Waals surface area contributed by atoms with E-state index < -0.39 is 0 Å². The van der Waals surface area contributed by atoms with Gasteiger partial charge in [0.05, 0.1) is 10.6 Å². The molecule has 0 fully saturated rings. The molecular formula is C17H15ClN4O. The van der Waals surface area contributed by atoms with Gasteiger partial charge >= 0.3 is 0 Å². The van der Waals surface area contributed by atoms with Crippen LogP contribution < -0.4 is 5.32 Å². The number of amides is 1. The zero-order valence-electron chi connectivity index (χ0n) is 12.5. The van der Waals surface area contributed by atoms with Crippen LogP contribution in [0.2, 0.25) is 5.02 Å². The third kappa shape index (κ3) is 3.24. The Morgan fingerprint density at radius 1 is 1.22 bits per heavy atom. The number of hydrogen-bond donors (Lipinski definition) is 1. The normalized spacial score (nSPS) is 10.5. The lowest BCUT2D eigenvalue weighted by Gasteiger charge is -2.09. The van der Waals surface area contributed by atoms with Gasteiger partial charge in [0.15, 0.2) is 5.82 Å². The molecule has 0 aliphatic rings. The van der Waals surface area contributed by atoms with Crippen molar-refractivity contribution in [3.05, 3.63) is 65.4 Å². The first kappa shape index (κ1) is 15.2. The summed E-state index contributed by atoms with van der Waals surface area (Å²) < 4.78 is 1.94. The molecule has 0 saturated heterocycles. The lowest BCUT2D eigenvalue weighted by Crippen LogP contribution is -2.12. The molecule has 1 aromatic heterocycles. The van der Waals surface area contributed by atoms with Gasteiger partial charge in [0.25, 0.3) is 5.91 Å². The lowest BCUT2D eigenvalue weighted by atomic mass is 10.1. The Morgan fingerprint density at radius 3 is 2.83 bits per heavy atom. The summed E-state index contributed by atoms with van der Waals surface area (Å²) in [6.07, 6.45) is 1.68. The predicted octanol–water partition coefficient (Wildman–Crippen LogP) is 3.87. The van der Waals surface area contributed by atoms with E-state index in [2.05, 4.69) is 15.5 Å². The minimum absolute atomic E-state index is 0.246. The van der Waals surface area contributed by atoms with Crippen molar-refractivity contribution in [2.24, 2.45) is 0 Å². The molecule has 0 unspecified atom stereocenters. The molecule has 116 valence electrons. The second kappa shape index (κ2) is 6.62. The van der Waals surface area contributed by atoms with Crippen molar-refractivity contribution in [2.75, 3.05) is 5.32 Å². The Hall–Kier alpha value is -2.66. The van der Waals surface area contributed by atoms with Crippen LogP contribution in [0.3, 0.4) is 0 Å². The molecule has 5 nitrogen and oxygen atoms in total. The summed E-state index contributed by atoms with van der Waals surface area (Å²) in [6, 6.07) is 14.4. The van der Waals surface area contributed by atoms with E-state index in [0.29, 0.717) is 16.3 Å². The number of anilines is 1. The third-order valence-electron chi connectivity index (χ3n) is 3.45. The first-order valence-corrected chi connectivity index (χ1v) is 7.61. The first-order valence-electron chi connectivity index (χ1n) is 7.23. The molecule has 0 bridgehead atoms. The highest BCUT2D eigenvalue weighted by molar-refractivity contribution is 6.34. The van der Waals surface area contributed by atoms with Gasteiger partial charge in [0, 0.05) is 17.8 Å². The van der Waals surface area contributed by atoms with Crippen molar-refractivity contribution < 1.29 is 4.79 Å². The summed E-state index contributed by atoms with van der Waals surface area (Å²) in [5.41, 5.74) is 2.01. The molecule has 2 aromatic carbocycles. The van der Waals surface area contributed by atoms with Gasteiger partial charge < -0.3 is 9.88 Å². The first-order chi connectivity index (χ1) is 11.2. The zero-order valence-corrected chi connectivity index (χ0v) is 13.3. The molecule has 1 amide bonds. The second-order valence-electron chi connectivity index (χ2n) is 4.96. The van der Waals surface area contributed by atoms with Crippen LogP contribution in [0.1, 0.15) is 17.3 Å². The van der Waals surface area contributed by atoms with Gasteiger partial charge in [-0.2, -0.15) is 0 Å². The van der Waals surface area contributed by atoms with Crippen molar-refractivity contribution in [2.45, 2.75) is 13.5 Å². The fourth-order valence-electron chi connectivity index (χ4n) is 2.29. The number of carbonyl (C=O) groups is 1. The van der Waals surface area contributed by atoms with Crippen molar-refractivity contribution >= 4 is 23.2 Å². The largest absolute Gasteiger partial charge is 0.322 e. The number of aryl methyl sites for hydroxylation is 1. The number of aromatic nitrogens is 3. The highest BCUT2D eigenvalue weighted by Crippen LogP contribution is 2.22. The van der Waals surface area contributed by atoms with Crippen LogP contribution in [0.4, 0.5) is 5.69 Å². The minimum atomic E-state index is -0.246. The minimum Gasteiger partial charge on any atom is -0.322 e. The van der Waals surface area contributed by atoms with Crippen LogP contribution in [-0.4, -0.2) is 20.7 Å². The number of halogens is 1. The van der Waals surface area contributed by atoms with Crippen LogP contribution in [0.15, 0.2) is 54.9 Å². The van der Waals surface area contributed by atoms with Gasteiger partial charge in [-0.1, -0.05) is 35.9 Å². The van der Waals surface area contributed by atoms with Gasteiger partial charge in [-0.05, 0) is 31.2 Å². The smallest absolute Gasteiger partial charge is 0.257 e. The molecule has 0 saturated carbocycles. The van der Waals surface area contributed by atoms with E-state index in [1.54, 1.807) is 30.6 Å². The fourth-order valence-corrected chi connectivity index (χ4v) is 2.51. The molecule has 0 radical (unpaired) electrons. The van der Waals surface area contributed by atoms with Crippen molar-refractivity contribution in [1.82, 2.24) is 14.8 Å². The van der Waals surface area contributed by atoms with Crippen LogP contribution in [-0.2, 0) is 6.54 Å². The summed E-state index contributed by atoms with van der Waals surface area (Å²) in [5.74, 6) is 0.519. The quantitative estimate of drug-likeness (QED) is 0.791. The van der Waals surface area contributed by atoms with Gasteiger partial charge in [-0.15, -0.1) is 10.2 Å². The van der Waals surface area contributed by atoms with E-state index in [1.165, 1.54) is 0 Å². The number of benzene rings is 2. The molecule has 23 heavy (non-hydrogen) atoms. The lowest BCUT2D eigenvalue weighted by molar-refractivity contribution is 0.102. The standard InChI is InChI=1S/C17H15ClN4O/c1-2-22-11-19-21-16(22)12-6-5-7-13(10-12)20-17(23)14-8-3-4-9-15(14)18/h3-11H,2H2,1H3,(H,20,23). The molecule has 0 atom stereocenters. The third-order valence-corrected chi connectivity index (χ3v) is 3.78. The molecule has 3 rings (SSSR count). The van der Waals surface area contributed by atoms with Crippen molar-refractivity contribution in [3.8, 4) is 11.4 Å². The van der Waals surface area contributed by atoms with Crippen LogP contribution in [0, 0.1) is 0 Å². The van der Waals surface area contributed by atoms with Gasteiger partial charge in [0.1, 0.15) is 6.33 Å². The molecule has 0 aliphatic carbocycles. The summed E-state index contributed by atoms with van der Waals surface area (Å²) >= 11 is 6.05. The van der Waals surface area contributed by atoms with Gasteiger partial charge in [0.2, 0.25) is 0 Å². The maximum absolute atomic E-state index is 12.3. The monoisotopic (exact) mass is 326 g/mol. The number of rotatable bonds is 4. The second-order valence-corrected chi connectivity index (χ2v) is 5.36. The van der Waals surface area contributed by atoms with Crippen LogP contribution >= 0.6 is 11.6 Å². The molecule has 1 N–H and O–H groups in total. The molecule has 1 heterocycles. The summed E-state index contributed by atoms with van der Waals surface area (Å²) in [4.78, 5) is 12.3. The maximum atomic E-state index is 12.3. The Balaban J connectivity index is 1.86. The maximum Gasteiger partial charge on any atom is 0.257 e. The average Bonchev–Trinajstić information content (AvgIpc) is 3.04. The SMILES string of the molecule is CCn1cnnc1-c1cccc(NC(=O)c2ccccc2Cl)c1. The van der Waals surface area contributed by atoms with E-state index in [1.807, 2.05) is 35.8 Å². The van der Waals surface area contributed by atoms with E-state index in [4.69, 9.17) is 11.6 Å². The van der Waals surface area contributed by atoms with Crippen molar-refractivity contribution in [3.63, 3.8) is 0 Å². The predicted molar refractivity (Wildman–Crippen MR) is 90.5 cm³/mol. The molecule has 6 heteroatoms. The molecule has 0 spiro atoms. The fraction of sp³-hybridized carbons (Fsp3) is 0.118. The van der Waals surface area contributed by atoms with Crippen LogP contribution in [0.25, 0.3) is 11.4 Å². The van der Waals surface area contributed by atoms with E-state index in [9.17, 15) is 4.79 Å². The summed E-state index contributed by atoms with van der Waals surface area (Å²) in [6.45, 7) is 2.80. The number of nitrogens with one attached hydrogen (secondary N) is 1. The Labute approximate surface area is 138 Å². The number of hydrogen-bond acceptors (Lipinski definition) is 3. The average molecular weight is 327 g/mol. The summed E-state index contributed by atoms with van der Waals surface area (Å²) in [5, 5.41) is 11.3.